The number of nitrogens with two attached hydrogens (primary N) is 1. The second kappa shape index (κ2) is 5.47. The first-order valence-electron chi connectivity index (χ1n) is 7.73. The van der Waals surface area contributed by atoms with E-state index in [2.05, 4.69) is 5.32 Å². The quantitative estimate of drug-likeness (QED) is 0.571. The lowest BCUT2D eigenvalue weighted by Gasteiger charge is -2.36. The Hall–Kier alpha value is -2.58. The molecule has 134 valence electrons. The normalized spacial score (nSPS) is 22.7. The highest BCUT2D eigenvalue weighted by Gasteiger charge is 2.53. The number of guanidine groups is 1. The molecule has 4 N–H and O–H groups in total. The summed E-state index contributed by atoms with van der Waals surface area (Å²) in [7, 11) is 0. The number of nitrogens with zero attached hydrogens (tertiary/aromatic N) is 1. The Balaban J connectivity index is 2.06. The minimum Gasteiger partial charge on any atom is -0.370 e. The van der Waals surface area contributed by atoms with Crippen LogP contribution in [0, 0.1) is 5.41 Å². The second-order valence-corrected chi connectivity index (χ2v) is 6.58. The minimum absolute atomic E-state index is 0.0932. The summed E-state index contributed by atoms with van der Waals surface area (Å²) in [6.45, 7) is 1.58. The molecule has 1 fully saturated rings. The maximum Gasteiger partial charge on any atom is 0.416 e. The molecule has 9 heteroatoms. The molecule has 0 saturated heterocycles. The molecule has 1 unspecified atom stereocenters. The van der Waals surface area contributed by atoms with Gasteiger partial charge in [-0.3, -0.25) is 20.3 Å². The number of nitrogens with one attached hydrogen (secondary N) is 2. The van der Waals surface area contributed by atoms with E-state index in [1.807, 2.05) is 0 Å². The van der Waals surface area contributed by atoms with Crippen LogP contribution in [0.5, 0.6) is 0 Å². The van der Waals surface area contributed by atoms with Gasteiger partial charge in [-0.25, -0.2) is 0 Å². The van der Waals surface area contributed by atoms with E-state index >= 15 is 0 Å². The Morgan fingerprint density at radius 2 is 2.08 bits per heavy atom. The van der Waals surface area contributed by atoms with Gasteiger partial charge in [-0.1, -0.05) is 0 Å². The van der Waals surface area contributed by atoms with E-state index in [4.69, 9.17) is 11.1 Å². The third-order valence-electron chi connectivity index (χ3n) is 4.60. The number of rotatable bonds is 3. The van der Waals surface area contributed by atoms with E-state index in [1.165, 1.54) is 11.0 Å². The summed E-state index contributed by atoms with van der Waals surface area (Å²) in [4.78, 5) is 26.3. The molecular formula is C16H17F3N4O2. The first-order valence-corrected chi connectivity index (χ1v) is 7.73. The third-order valence-corrected chi connectivity index (χ3v) is 4.60. The number of carbonyl (C=O) groups excluding carboxylic acids is 2. The Kier molecular flexibility index (Phi) is 3.77. The molecule has 6 nitrogen and oxygen atoms in total. The fraction of sp³-hybridized carbons (Fsp3) is 0.438. The van der Waals surface area contributed by atoms with Gasteiger partial charge in [0.15, 0.2) is 5.96 Å². The van der Waals surface area contributed by atoms with Crippen molar-refractivity contribution in [2.75, 3.05) is 0 Å². The zero-order valence-electron chi connectivity index (χ0n) is 13.4. The van der Waals surface area contributed by atoms with Crippen LogP contribution in [-0.2, 0) is 16.5 Å². The van der Waals surface area contributed by atoms with Crippen LogP contribution in [0.3, 0.4) is 0 Å². The zero-order valence-corrected chi connectivity index (χ0v) is 13.4. The topological polar surface area (TPSA) is 99.3 Å². The molecule has 25 heavy (non-hydrogen) atoms. The lowest BCUT2D eigenvalue weighted by Crippen LogP contribution is -2.47. The van der Waals surface area contributed by atoms with Crippen molar-refractivity contribution < 1.29 is 22.8 Å². The fourth-order valence-corrected chi connectivity index (χ4v) is 3.43. The number of alkyl halides is 3. The van der Waals surface area contributed by atoms with E-state index in [1.54, 1.807) is 6.92 Å². The van der Waals surface area contributed by atoms with Crippen molar-refractivity contribution in [1.82, 2.24) is 10.2 Å². The Morgan fingerprint density at radius 3 is 2.60 bits per heavy atom. The summed E-state index contributed by atoms with van der Waals surface area (Å²) in [5.74, 6) is -1.55. The summed E-state index contributed by atoms with van der Waals surface area (Å²) < 4.78 is 39.3. The number of halogens is 3. The van der Waals surface area contributed by atoms with E-state index in [0.29, 0.717) is 0 Å². The maximum atomic E-state index is 13.1. The summed E-state index contributed by atoms with van der Waals surface area (Å²) in [5.41, 5.74) is 3.42. The van der Waals surface area contributed by atoms with Crippen molar-refractivity contribution in [1.29, 1.82) is 5.41 Å². The van der Waals surface area contributed by atoms with Crippen molar-refractivity contribution in [3.8, 4) is 0 Å². The van der Waals surface area contributed by atoms with Gasteiger partial charge in [0, 0.05) is 11.6 Å². The standard InChI is InChI=1S/C16H17F3N4O2/c1-15(7-12(24)22-14(20)21)11-6-8(16(17,18)19)2-5-10(11)13(25)23(15)9-3-4-9/h2,5-6,9H,3-4,7H2,1H3,(H4,20,21,22,24). The molecule has 1 aliphatic heterocycles. The highest BCUT2D eigenvalue weighted by Crippen LogP contribution is 2.48. The molecule has 3 rings (SSSR count). The Bertz CT molecular complexity index is 773. The van der Waals surface area contributed by atoms with E-state index in [9.17, 15) is 22.8 Å². The summed E-state index contributed by atoms with van der Waals surface area (Å²) >= 11 is 0. The molecule has 0 radical (unpaired) electrons. The van der Waals surface area contributed by atoms with Crippen LogP contribution in [0.2, 0.25) is 0 Å². The minimum atomic E-state index is -4.55. The molecule has 1 atom stereocenters. The van der Waals surface area contributed by atoms with Crippen LogP contribution in [0.15, 0.2) is 18.2 Å². The molecule has 0 aromatic heterocycles. The average Bonchev–Trinajstić information content (AvgIpc) is 3.26. The van der Waals surface area contributed by atoms with Crippen LogP contribution < -0.4 is 11.1 Å². The fourth-order valence-electron chi connectivity index (χ4n) is 3.43. The van der Waals surface area contributed by atoms with Crippen molar-refractivity contribution in [3.05, 3.63) is 34.9 Å². The smallest absolute Gasteiger partial charge is 0.370 e. The van der Waals surface area contributed by atoms with Crippen molar-refractivity contribution >= 4 is 17.8 Å². The van der Waals surface area contributed by atoms with Gasteiger partial charge >= 0.3 is 6.18 Å². The lowest BCUT2D eigenvalue weighted by atomic mass is 9.86. The van der Waals surface area contributed by atoms with Gasteiger partial charge in [-0.2, -0.15) is 13.2 Å². The SMILES string of the molecule is CC1(CC(=O)NC(=N)N)c2cc(C(F)(F)F)ccc2C(=O)N1C1CC1. The summed E-state index contributed by atoms with van der Waals surface area (Å²) in [5, 5.41) is 9.25. The predicted octanol–water partition coefficient (Wildman–Crippen LogP) is 1.94. The zero-order chi connectivity index (χ0) is 18.6. The summed E-state index contributed by atoms with van der Waals surface area (Å²) in [6.07, 6.45) is -3.33. The van der Waals surface area contributed by atoms with Gasteiger partial charge in [-0.05, 0) is 43.5 Å². The van der Waals surface area contributed by atoms with Crippen molar-refractivity contribution in [3.63, 3.8) is 0 Å². The third kappa shape index (κ3) is 2.94. The number of hydrogen-bond acceptors (Lipinski definition) is 3. The molecule has 1 saturated carbocycles. The molecular weight excluding hydrogens is 337 g/mol. The number of hydrogen-bond donors (Lipinski definition) is 3. The van der Waals surface area contributed by atoms with Crippen LogP contribution in [0.1, 0.15) is 47.7 Å². The van der Waals surface area contributed by atoms with Crippen molar-refractivity contribution in [2.24, 2.45) is 5.73 Å². The lowest BCUT2D eigenvalue weighted by molar-refractivity contribution is -0.137. The second-order valence-electron chi connectivity index (χ2n) is 6.58. The highest BCUT2D eigenvalue weighted by molar-refractivity contribution is 6.02. The highest BCUT2D eigenvalue weighted by atomic mass is 19.4. The van der Waals surface area contributed by atoms with Crippen LogP contribution in [0.25, 0.3) is 0 Å². The van der Waals surface area contributed by atoms with Gasteiger partial charge in [0.05, 0.1) is 17.5 Å². The number of carbonyl (C=O) groups is 2. The van der Waals surface area contributed by atoms with Gasteiger partial charge < -0.3 is 10.6 Å². The monoisotopic (exact) mass is 354 g/mol. The van der Waals surface area contributed by atoms with E-state index in [-0.39, 0.29) is 29.5 Å². The number of benzene rings is 1. The molecule has 0 spiro atoms. The largest absolute Gasteiger partial charge is 0.416 e. The van der Waals surface area contributed by atoms with Crippen LogP contribution in [0.4, 0.5) is 13.2 Å². The molecule has 2 aliphatic rings. The van der Waals surface area contributed by atoms with E-state index < -0.39 is 29.1 Å². The van der Waals surface area contributed by atoms with Gasteiger partial charge in [0.25, 0.3) is 5.91 Å². The van der Waals surface area contributed by atoms with Gasteiger partial charge in [0.2, 0.25) is 5.91 Å². The van der Waals surface area contributed by atoms with Crippen molar-refractivity contribution in [2.45, 2.75) is 43.9 Å². The molecule has 1 aliphatic carbocycles. The maximum absolute atomic E-state index is 13.1. The molecule has 1 aromatic carbocycles. The van der Waals surface area contributed by atoms with E-state index in [0.717, 1.165) is 25.0 Å². The van der Waals surface area contributed by atoms with Crippen LogP contribution >= 0.6 is 0 Å². The number of fused-ring (bicyclic) bond motifs is 1. The molecule has 1 aromatic rings. The average molecular weight is 354 g/mol. The number of amides is 2. The molecule has 2 amide bonds. The first kappa shape index (κ1) is 17.2. The molecule has 1 heterocycles. The van der Waals surface area contributed by atoms with Crippen LogP contribution in [-0.4, -0.2) is 28.7 Å². The molecule has 0 bridgehead atoms. The predicted molar refractivity (Wildman–Crippen MR) is 82.7 cm³/mol. The van der Waals surface area contributed by atoms with Gasteiger partial charge in [0.1, 0.15) is 0 Å². The van der Waals surface area contributed by atoms with Gasteiger partial charge in [-0.15, -0.1) is 0 Å². The first-order chi connectivity index (χ1) is 11.5. The summed E-state index contributed by atoms with van der Waals surface area (Å²) in [6, 6.07) is 2.90. The Morgan fingerprint density at radius 1 is 1.44 bits per heavy atom. The Labute approximate surface area is 141 Å².